The van der Waals surface area contributed by atoms with Gasteiger partial charge < -0.3 is 19.1 Å². The van der Waals surface area contributed by atoms with Gasteiger partial charge in [-0.3, -0.25) is 34.8 Å². The molecule has 2 fully saturated rings. The fourth-order valence-corrected chi connectivity index (χ4v) is 5.18. The van der Waals surface area contributed by atoms with Crippen LogP contribution >= 0.6 is 12.6 Å². The van der Waals surface area contributed by atoms with Gasteiger partial charge in [0.1, 0.15) is 25.9 Å². The summed E-state index contributed by atoms with van der Waals surface area (Å²) in [6.07, 6.45) is -0.542. The van der Waals surface area contributed by atoms with Crippen LogP contribution in [0.25, 0.3) is 0 Å². The molecule has 15 nitrogen and oxygen atoms in total. The lowest BCUT2D eigenvalue weighted by Crippen LogP contribution is -2.55. The number of hydrogen-bond acceptors (Lipinski definition) is 12. The topological polar surface area (TPSA) is 175 Å². The maximum absolute atomic E-state index is 13.3. The summed E-state index contributed by atoms with van der Waals surface area (Å²) in [4.78, 5) is 63.7. The lowest BCUT2D eigenvalue weighted by Gasteiger charge is -2.37. The standard InChI is InChI=1S/C27H31N5O10S/c33-25(23-9-10-24(43)30(23)26(34)41-17-19-1-5-21(6-2-19)31(36)37)29-13-11-28(12-14-29)15-16-40-27(35)42-18-20-3-7-22(8-4-20)32(38)39/h1-8,23-24,43H,9-18H2/t23-,24?/m0/s1. The van der Waals surface area contributed by atoms with Gasteiger partial charge >= 0.3 is 12.2 Å². The molecule has 43 heavy (non-hydrogen) atoms. The molecule has 0 saturated carbocycles. The summed E-state index contributed by atoms with van der Waals surface area (Å²) < 4.78 is 15.6. The van der Waals surface area contributed by atoms with Crippen LogP contribution in [0.5, 0.6) is 0 Å². The summed E-state index contributed by atoms with van der Waals surface area (Å²) in [6.45, 7) is 2.33. The normalized spacial score (nSPS) is 18.6. The smallest absolute Gasteiger partial charge is 0.445 e. The number of nitro groups is 2. The molecule has 0 spiro atoms. The quantitative estimate of drug-likeness (QED) is 0.179. The van der Waals surface area contributed by atoms with Gasteiger partial charge in [-0.1, -0.05) is 0 Å². The lowest BCUT2D eigenvalue weighted by atomic mass is 10.1. The van der Waals surface area contributed by atoms with Gasteiger partial charge in [0, 0.05) is 57.0 Å². The van der Waals surface area contributed by atoms with Crippen molar-refractivity contribution in [1.82, 2.24) is 14.7 Å². The van der Waals surface area contributed by atoms with E-state index in [1.54, 1.807) is 4.90 Å². The van der Waals surface area contributed by atoms with Crippen molar-refractivity contribution in [2.75, 3.05) is 39.3 Å². The van der Waals surface area contributed by atoms with Crippen LogP contribution < -0.4 is 0 Å². The zero-order valence-electron chi connectivity index (χ0n) is 23.1. The number of carbonyl (C=O) groups is 3. The predicted molar refractivity (Wildman–Crippen MR) is 153 cm³/mol. The molecule has 2 heterocycles. The number of nitro benzene ring substituents is 2. The average molecular weight is 618 g/mol. The Morgan fingerprint density at radius 2 is 1.33 bits per heavy atom. The number of likely N-dealkylation sites (tertiary alicyclic amines) is 1. The maximum Gasteiger partial charge on any atom is 0.508 e. The SMILES string of the molecule is O=C(OCCN1CCN(C(=O)[C@@H]2CCC(S)N2C(=O)OCc2ccc([N+](=O)[O-])cc2)CC1)OCc1ccc([N+](=O)[O-])cc1. The van der Waals surface area contributed by atoms with Crippen molar-refractivity contribution in [3.8, 4) is 0 Å². The van der Waals surface area contributed by atoms with Crippen LogP contribution in [0.1, 0.15) is 24.0 Å². The van der Waals surface area contributed by atoms with E-state index in [1.165, 1.54) is 53.4 Å². The minimum Gasteiger partial charge on any atom is -0.445 e. The van der Waals surface area contributed by atoms with E-state index >= 15 is 0 Å². The second-order valence-corrected chi connectivity index (χ2v) is 10.5. The number of rotatable bonds is 10. The number of carbonyl (C=O) groups excluding carboxylic acids is 3. The summed E-state index contributed by atoms with van der Waals surface area (Å²) in [5.41, 5.74) is 1.04. The molecule has 2 aliphatic rings. The minimum absolute atomic E-state index is 0.0565. The van der Waals surface area contributed by atoms with Gasteiger partial charge in [-0.25, -0.2) is 9.59 Å². The molecule has 2 aromatic rings. The number of piperazine rings is 1. The largest absolute Gasteiger partial charge is 0.508 e. The number of thiol groups is 1. The third kappa shape index (κ3) is 8.54. The number of hydrogen-bond donors (Lipinski definition) is 1. The van der Waals surface area contributed by atoms with Crippen LogP contribution in [-0.2, 0) is 32.2 Å². The summed E-state index contributed by atoms with van der Waals surface area (Å²) in [7, 11) is 0. The van der Waals surface area contributed by atoms with Gasteiger partial charge in [0.2, 0.25) is 5.91 Å². The lowest BCUT2D eigenvalue weighted by molar-refractivity contribution is -0.385. The van der Waals surface area contributed by atoms with Gasteiger partial charge in [0.15, 0.2) is 0 Å². The number of nitrogens with zero attached hydrogens (tertiary/aromatic N) is 5. The Labute approximate surface area is 252 Å². The Bertz CT molecular complexity index is 1320. The molecule has 2 amide bonds. The van der Waals surface area contributed by atoms with Gasteiger partial charge in [-0.15, -0.1) is 0 Å². The first kappa shape index (κ1) is 31.5. The number of non-ortho nitro benzene ring substituents is 2. The van der Waals surface area contributed by atoms with Gasteiger partial charge in [-0.05, 0) is 48.2 Å². The predicted octanol–water partition coefficient (Wildman–Crippen LogP) is 3.36. The molecule has 2 atom stereocenters. The molecule has 16 heteroatoms. The van der Waals surface area contributed by atoms with Crippen LogP contribution in [-0.4, -0.2) is 93.4 Å². The van der Waals surface area contributed by atoms with E-state index in [2.05, 4.69) is 12.6 Å². The van der Waals surface area contributed by atoms with Gasteiger partial charge in [-0.2, -0.15) is 12.6 Å². The molecule has 0 aliphatic carbocycles. The van der Waals surface area contributed by atoms with Crippen molar-refractivity contribution in [3.63, 3.8) is 0 Å². The first-order valence-corrected chi connectivity index (χ1v) is 14.0. The van der Waals surface area contributed by atoms with Crippen LogP contribution in [0.2, 0.25) is 0 Å². The summed E-state index contributed by atoms with van der Waals surface area (Å²) in [6, 6.07) is 10.6. The highest BCUT2D eigenvalue weighted by Gasteiger charge is 2.42. The molecular formula is C27H31N5O10S. The van der Waals surface area contributed by atoms with Crippen LogP contribution in [0.15, 0.2) is 48.5 Å². The molecule has 2 saturated heterocycles. The summed E-state index contributed by atoms with van der Waals surface area (Å²) >= 11 is 4.47. The van der Waals surface area contributed by atoms with E-state index in [9.17, 15) is 34.6 Å². The number of amides is 2. The Hall–Kier alpha value is -4.44. The van der Waals surface area contributed by atoms with Crippen LogP contribution in [0.4, 0.5) is 21.0 Å². The number of ether oxygens (including phenoxy) is 3. The summed E-state index contributed by atoms with van der Waals surface area (Å²) in [5, 5.41) is 21.1. The van der Waals surface area contributed by atoms with Crippen LogP contribution in [0.3, 0.4) is 0 Å². The molecule has 0 radical (unpaired) electrons. The summed E-state index contributed by atoms with van der Waals surface area (Å²) in [5.74, 6) is -0.186. The molecule has 230 valence electrons. The van der Waals surface area contributed by atoms with E-state index in [-0.39, 0.29) is 37.1 Å². The number of benzene rings is 2. The van der Waals surface area contributed by atoms with Crippen molar-refractivity contribution in [2.24, 2.45) is 0 Å². The molecule has 4 rings (SSSR count). The second kappa shape index (κ2) is 14.6. The third-order valence-electron chi connectivity index (χ3n) is 7.18. The Balaban J connectivity index is 1.16. The molecule has 0 N–H and O–H groups in total. The van der Waals surface area contributed by atoms with E-state index < -0.39 is 33.5 Å². The molecule has 2 aliphatic heterocycles. The Kier molecular flexibility index (Phi) is 10.7. The highest BCUT2D eigenvalue weighted by molar-refractivity contribution is 7.80. The van der Waals surface area contributed by atoms with E-state index in [4.69, 9.17) is 14.2 Å². The molecule has 2 aromatic carbocycles. The first-order chi connectivity index (χ1) is 20.6. The van der Waals surface area contributed by atoms with Crippen molar-refractivity contribution in [2.45, 2.75) is 37.5 Å². The van der Waals surface area contributed by atoms with Crippen LogP contribution in [0, 0.1) is 20.2 Å². The second-order valence-electron chi connectivity index (χ2n) is 9.94. The fourth-order valence-electron chi connectivity index (χ4n) is 4.78. The average Bonchev–Trinajstić information content (AvgIpc) is 3.40. The minimum atomic E-state index is -0.852. The Morgan fingerprint density at radius 1 is 0.791 bits per heavy atom. The molecular weight excluding hydrogens is 586 g/mol. The fraction of sp³-hybridized carbons (Fsp3) is 0.444. The van der Waals surface area contributed by atoms with Crippen molar-refractivity contribution in [1.29, 1.82) is 0 Å². The van der Waals surface area contributed by atoms with E-state index in [0.29, 0.717) is 56.7 Å². The zero-order chi connectivity index (χ0) is 30.9. The third-order valence-corrected chi connectivity index (χ3v) is 7.68. The zero-order valence-corrected chi connectivity index (χ0v) is 24.0. The van der Waals surface area contributed by atoms with E-state index in [1.807, 2.05) is 4.90 Å². The van der Waals surface area contributed by atoms with Crippen molar-refractivity contribution < 1.29 is 38.4 Å². The van der Waals surface area contributed by atoms with Crippen molar-refractivity contribution in [3.05, 3.63) is 79.9 Å². The molecule has 0 bridgehead atoms. The monoisotopic (exact) mass is 617 g/mol. The van der Waals surface area contributed by atoms with Gasteiger partial charge in [0.05, 0.1) is 15.2 Å². The highest BCUT2D eigenvalue weighted by Crippen LogP contribution is 2.29. The Morgan fingerprint density at radius 3 is 1.86 bits per heavy atom. The first-order valence-electron chi connectivity index (χ1n) is 13.5. The van der Waals surface area contributed by atoms with Gasteiger partial charge in [0.25, 0.3) is 11.4 Å². The molecule has 1 unspecified atom stereocenters. The van der Waals surface area contributed by atoms with E-state index in [0.717, 1.165) is 0 Å². The van der Waals surface area contributed by atoms with Crippen molar-refractivity contribution >= 4 is 42.2 Å². The molecule has 0 aromatic heterocycles. The highest BCUT2D eigenvalue weighted by atomic mass is 32.1. The maximum atomic E-state index is 13.3.